The molecule has 1 aromatic carbocycles. The van der Waals surface area contributed by atoms with Crippen LogP contribution in [0.4, 0.5) is 0 Å². The van der Waals surface area contributed by atoms with Crippen LogP contribution in [0.3, 0.4) is 0 Å². The van der Waals surface area contributed by atoms with Crippen molar-refractivity contribution < 1.29 is 36.8 Å². The lowest BCUT2D eigenvalue weighted by molar-refractivity contribution is -0.130. The molecule has 24 heavy (non-hydrogen) atoms. The van der Waals surface area contributed by atoms with Crippen molar-refractivity contribution in [2.45, 2.75) is 27.9 Å². The molecule has 1 unspecified atom stereocenters. The fourth-order valence-electron chi connectivity index (χ4n) is 1.96. The number of amides is 2. The van der Waals surface area contributed by atoms with Gasteiger partial charge >= 0.3 is 0 Å². The fraction of sp³-hybridized carbons (Fsp3) is 0.333. The molecular formula is C12H16N2O8S2. The van der Waals surface area contributed by atoms with Crippen LogP contribution in [0.1, 0.15) is 12.8 Å². The highest BCUT2D eigenvalue weighted by molar-refractivity contribution is 7.95. The molecule has 2 amide bonds. The van der Waals surface area contributed by atoms with E-state index in [4.69, 9.17) is 10.4 Å². The first kappa shape index (κ1) is 20.0. The Bertz CT molecular complexity index is 832. The first-order chi connectivity index (χ1) is 11.1. The summed E-state index contributed by atoms with van der Waals surface area (Å²) in [5.74, 6) is -2.28. The maximum absolute atomic E-state index is 12.7. The lowest BCUT2D eigenvalue weighted by atomic mass is 10.2. The van der Waals surface area contributed by atoms with E-state index in [-0.39, 0.29) is 0 Å². The Morgan fingerprint density at radius 3 is 2.04 bits per heavy atom. The number of nitrogens with one attached hydrogen (secondary N) is 2. The summed E-state index contributed by atoms with van der Waals surface area (Å²) in [5.41, 5.74) is 2.46. The minimum Gasteiger partial charge on any atom is -0.289 e. The zero-order chi connectivity index (χ0) is 18.5. The largest absolute Gasteiger partial charge is 0.289 e. The molecular weight excluding hydrogens is 364 g/mol. The predicted molar refractivity (Wildman–Crippen MR) is 79.6 cm³/mol. The van der Waals surface area contributed by atoms with Gasteiger partial charge in [-0.25, -0.2) is 27.8 Å². The van der Waals surface area contributed by atoms with Gasteiger partial charge in [-0.15, -0.1) is 0 Å². The second kappa shape index (κ2) is 7.70. The molecule has 134 valence electrons. The van der Waals surface area contributed by atoms with Crippen molar-refractivity contribution in [2.24, 2.45) is 0 Å². The van der Waals surface area contributed by atoms with Crippen molar-refractivity contribution in [1.82, 2.24) is 11.0 Å². The quantitative estimate of drug-likeness (QED) is 0.346. The van der Waals surface area contributed by atoms with E-state index in [1.165, 1.54) is 23.1 Å². The molecule has 0 saturated carbocycles. The average Bonchev–Trinajstić information content (AvgIpc) is 2.53. The van der Waals surface area contributed by atoms with Gasteiger partial charge in [-0.1, -0.05) is 12.1 Å². The summed E-state index contributed by atoms with van der Waals surface area (Å²) < 4.78 is 48.9. The molecule has 1 atom stereocenters. The van der Waals surface area contributed by atoms with Gasteiger partial charge in [-0.2, -0.15) is 0 Å². The van der Waals surface area contributed by atoms with E-state index in [0.29, 0.717) is 0 Å². The Morgan fingerprint density at radius 2 is 1.58 bits per heavy atom. The number of carbonyl (C=O) groups excluding carboxylic acids is 2. The van der Waals surface area contributed by atoms with Crippen molar-refractivity contribution in [1.29, 1.82) is 0 Å². The van der Waals surface area contributed by atoms with Crippen molar-refractivity contribution in [3.63, 3.8) is 0 Å². The van der Waals surface area contributed by atoms with Gasteiger partial charge in [-0.3, -0.25) is 20.0 Å². The van der Waals surface area contributed by atoms with Crippen LogP contribution in [0.2, 0.25) is 0 Å². The summed E-state index contributed by atoms with van der Waals surface area (Å²) in [7, 11) is -8.45. The van der Waals surface area contributed by atoms with Gasteiger partial charge in [0.1, 0.15) is 5.25 Å². The van der Waals surface area contributed by atoms with Crippen molar-refractivity contribution >= 4 is 31.5 Å². The number of benzene rings is 1. The smallest absolute Gasteiger partial charge is 0.262 e. The first-order valence-electron chi connectivity index (χ1n) is 6.45. The highest BCUT2D eigenvalue weighted by Gasteiger charge is 2.37. The zero-order valence-corrected chi connectivity index (χ0v) is 14.1. The minimum atomic E-state index is -4.54. The molecule has 0 aliphatic rings. The summed E-state index contributed by atoms with van der Waals surface area (Å²) in [5, 5.41) is 15.2. The normalized spacial score (nSPS) is 13.1. The standard InChI is InChI=1S/C12H16N2O8S2/c1-23(19,20)8-4-2-3-5-9(8)24(21,22)10(12(16)14-18)6-7-11(15)13-17/h2-5,10,17-18H,6-7H2,1H3,(H,13,15)(H,14,16). The van der Waals surface area contributed by atoms with E-state index in [1.54, 1.807) is 0 Å². The SMILES string of the molecule is CS(=O)(=O)c1ccccc1S(=O)(=O)C(CCC(=O)NO)C(=O)NO. The van der Waals surface area contributed by atoms with Crippen molar-refractivity contribution in [3.05, 3.63) is 24.3 Å². The molecule has 0 spiro atoms. The van der Waals surface area contributed by atoms with Gasteiger partial charge < -0.3 is 0 Å². The number of carbonyl (C=O) groups is 2. The van der Waals surface area contributed by atoms with Crippen LogP contribution in [0, 0.1) is 0 Å². The Balaban J connectivity index is 3.42. The maximum atomic E-state index is 12.7. The Morgan fingerprint density at radius 1 is 1.04 bits per heavy atom. The summed E-state index contributed by atoms with van der Waals surface area (Å²) in [6.45, 7) is 0. The molecule has 4 N–H and O–H groups in total. The van der Waals surface area contributed by atoms with E-state index in [0.717, 1.165) is 18.4 Å². The Hall–Kier alpha value is -2.02. The number of rotatable bonds is 7. The number of hydrogen-bond acceptors (Lipinski definition) is 8. The van der Waals surface area contributed by atoms with Crippen LogP contribution in [0.5, 0.6) is 0 Å². The van der Waals surface area contributed by atoms with Gasteiger partial charge in [0.15, 0.2) is 19.7 Å². The van der Waals surface area contributed by atoms with E-state index in [9.17, 15) is 26.4 Å². The molecule has 0 saturated heterocycles. The summed E-state index contributed by atoms with van der Waals surface area (Å²) in [6, 6.07) is 4.66. The van der Waals surface area contributed by atoms with Crippen LogP contribution in [-0.2, 0) is 29.3 Å². The van der Waals surface area contributed by atoms with Crippen molar-refractivity contribution in [3.8, 4) is 0 Å². The minimum absolute atomic E-state index is 0.507. The van der Waals surface area contributed by atoms with Crippen LogP contribution in [0.25, 0.3) is 0 Å². The van der Waals surface area contributed by atoms with Crippen molar-refractivity contribution in [2.75, 3.05) is 6.26 Å². The van der Waals surface area contributed by atoms with E-state index >= 15 is 0 Å². The van der Waals surface area contributed by atoms with Crippen LogP contribution >= 0.6 is 0 Å². The molecule has 12 heteroatoms. The molecule has 0 fully saturated rings. The Labute approximate surface area is 138 Å². The second-order valence-electron chi connectivity index (χ2n) is 4.80. The molecule has 0 aliphatic carbocycles. The molecule has 1 aromatic rings. The number of hydrogen-bond donors (Lipinski definition) is 4. The van der Waals surface area contributed by atoms with Gasteiger partial charge in [-0.05, 0) is 18.6 Å². The highest BCUT2D eigenvalue weighted by atomic mass is 32.2. The zero-order valence-electron chi connectivity index (χ0n) is 12.5. The summed E-state index contributed by atoms with van der Waals surface area (Å²) in [6.07, 6.45) is -0.324. The molecule has 0 aliphatic heterocycles. The van der Waals surface area contributed by atoms with E-state index in [1.807, 2.05) is 0 Å². The first-order valence-corrected chi connectivity index (χ1v) is 9.89. The summed E-state index contributed by atoms with van der Waals surface area (Å²) >= 11 is 0. The van der Waals surface area contributed by atoms with E-state index in [2.05, 4.69) is 0 Å². The lowest BCUT2D eigenvalue weighted by Gasteiger charge is -2.17. The number of sulfone groups is 2. The molecule has 0 aromatic heterocycles. The van der Waals surface area contributed by atoms with Gasteiger partial charge in [0, 0.05) is 12.7 Å². The molecule has 1 rings (SSSR count). The Kier molecular flexibility index (Phi) is 6.42. The van der Waals surface area contributed by atoms with Crippen LogP contribution < -0.4 is 11.0 Å². The van der Waals surface area contributed by atoms with Gasteiger partial charge in [0.2, 0.25) is 5.91 Å². The average molecular weight is 380 g/mol. The molecule has 0 radical (unpaired) electrons. The van der Waals surface area contributed by atoms with Gasteiger partial charge in [0.25, 0.3) is 5.91 Å². The monoisotopic (exact) mass is 380 g/mol. The van der Waals surface area contributed by atoms with Crippen LogP contribution in [-0.4, -0.2) is 50.6 Å². The third-order valence-electron chi connectivity index (χ3n) is 3.09. The topological polar surface area (TPSA) is 167 Å². The lowest BCUT2D eigenvalue weighted by Crippen LogP contribution is -2.39. The third kappa shape index (κ3) is 4.50. The predicted octanol–water partition coefficient (Wildman–Crippen LogP) is -0.977. The third-order valence-corrected chi connectivity index (χ3v) is 6.54. The second-order valence-corrected chi connectivity index (χ2v) is 8.89. The van der Waals surface area contributed by atoms with E-state index < -0.39 is 59.4 Å². The fourth-order valence-corrected chi connectivity index (χ4v) is 5.21. The molecule has 0 heterocycles. The van der Waals surface area contributed by atoms with Gasteiger partial charge in [0.05, 0.1) is 9.79 Å². The number of hydroxylamine groups is 2. The van der Waals surface area contributed by atoms with Crippen LogP contribution in [0.15, 0.2) is 34.1 Å². The highest BCUT2D eigenvalue weighted by Crippen LogP contribution is 2.26. The maximum Gasteiger partial charge on any atom is 0.262 e. The molecule has 0 bridgehead atoms. The molecule has 10 nitrogen and oxygen atoms in total. The summed E-state index contributed by atoms with van der Waals surface area (Å²) in [4.78, 5) is 21.7.